The molecule has 0 aliphatic heterocycles. The van der Waals surface area contributed by atoms with E-state index >= 15 is 0 Å². The molecule has 0 aliphatic carbocycles. The first-order valence-electron chi connectivity index (χ1n) is 7.05. The predicted molar refractivity (Wildman–Crippen MR) is 94.9 cm³/mol. The van der Waals surface area contributed by atoms with Gasteiger partial charge in [-0.25, -0.2) is 5.43 Å². The number of non-ortho nitro benzene ring substituents is 1. The zero-order chi connectivity index (χ0) is 18.4. The van der Waals surface area contributed by atoms with Crippen molar-refractivity contribution in [2.24, 2.45) is 5.10 Å². The van der Waals surface area contributed by atoms with Gasteiger partial charge in [0.15, 0.2) is 6.61 Å². The lowest BCUT2D eigenvalue weighted by Gasteiger charge is -2.05. The minimum Gasteiger partial charge on any atom is -0.507 e. The Morgan fingerprint density at radius 1 is 1.44 bits per heavy atom. The third-order valence-electron chi connectivity index (χ3n) is 3.09. The normalized spacial score (nSPS) is 10.6. The summed E-state index contributed by atoms with van der Waals surface area (Å²) in [5.74, 6) is -0.281. The molecule has 0 spiro atoms. The minimum atomic E-state index is -0.552. The second-order valence-electron chi connectivity index (χ2n) is 5.00. The van der Waals surface area contributed by atoms with Gasteiger partial charge in [0.05, 0.1) is 17.2 Å². The van der Waals surface area contributed by atoms with Crippen LogP contribution in [0.15, 0.2) is 46.0 Å². The van der Waals surface area contributed by atoms with Crippen LogP contribution in [0, 0.1) is 17.0 Å². The second-order valence-corrected chi connectivity index (χ2v) is 5.91. The summed E-state index contributed by atoms with van der Waals surface area (Å²) in [6, 6.07) is 8.91. The largest absolute Gasteiger partial charge is 0.507 e. The van der Waals surface area contributed by atoms with Crippen molar-refractivity contribution in [2.75, 3.05) is 6.61 Å². The van der Waals surface area contributed by atoms with Crippen LogP contribution in [0.25, 0.3) is 0 Å². The molecule has 0 saturated heterocycles. The van der Waals surface area contributed by atoms with E-state index in [1.165, 1.54) is 30.5 Å². The van der Waals surface area contributed by atoms with Crippen LogP contribution in [-0.4, -0.2) is 28.8 Å². The van der Waals surface area contributed by atoms with Crippen molar-refractivity contribution in [1.82, 2.24) is 5.43 Å². The van der Waals surface area contributed by atoms with Gasteiger partial charge >= 0.3 is 0 Å². The van der Waals surface area contributed by atoms with Crippen LogP contribution in [0.1, 0.15) is 11.1 Å². The monoisotopic (exact) mass is 407 g/mol. The quantitative estimate of drug-likeness (QED) is 0.434. The fraction of sp³-hybridized carbons (Fsp3) is 0.125. The number of amides is 1. The number of ether oxygens (including phenoxy) is 1. The summed E-state index contributed by atoms with van der Waals surface area (Å²) < 4.78 is 5.94. The average molecular weight is 408 g/mol. The molecule has 0 heterocycles. The van der Waals surface area contributed by atoms with Gasteiger partial charge in [0, 0.05) is 16.1 Å². The maximum atomic E-state index is 11.7. The van der Waals surface area contributed by atoms with E-state index in [2.05, 4.69) is 26.5 Å². The number of nitro benzene ring substituents is 1. The highest BCUT2D eigenvalue weighted by atomic mass is 79.9. The number of aryl methyl sites for hydroxylation is 1. The smallest absolute Gasteiger partial charge is 0.277 e. The Morgan fingerprint density at radius 3 is 2.92 bits per heavy atom. The number of carbonyl (C=O) groups excluding carboxylic acids is 1. The molecule has 0 aliphatic rings. The van der Waals surface area contributed by atoms with Crippen LogP contribution in [-0.2, 0) is 4.79 Å². The lowest BCUT2D eigenvalue weighted by atomic mass is 10.1. The van der Waals surface area contributed by atoms with Gasteiger partial charge in [0.25, 0.3) is 11.6 Å². The molecule has 0 radical (unpaired) electrons. The first-order chi connectivity index (χ1) is 11.9. The first-order valence-corrected chi connectivity index (χ1v) is 7.84. The fourth-order valence-corrected chi connectivity index (χ4v) is 2.49. The molecule has 25 heavy (non-hydrogen) atoms. The zero-order valence-electron chi connectivity index (χ0n) is 13.1. The van der Waals surface area contributed by atoms with E-state index in [1.807, 2.05) is 0 Å². The number of halogens is 1. The molecule has 2 rings (SSSR count). The Morgan fingerprint density at radius 2 is 2.20 bits per heavy atom. The van der Waals surface area contributed by atoms with Gasteiger partial charge in [0.1, 0.15) is 11.5 Å². The van der Waals surface area contributed by atoms with Crippen molar-refractivity contribution in [2.45, 2.75) is 6.92 Å². The van der Waals surface area contributed by atoms with Gasteiger partial charge in [-0.3, -0.25) is 14.9 Å². The third-order valence-corrected chi connectivity index (χ3v) is 3.54. The van der Waals surface area contributed by atoms with Gasteiger partial charge in [-0.05, 0) is 30.7 Å². The number of phenolic OH excluding ortho intramolecular Hbond substituents is 1. The number of benzene rings is 2. The number of nitrogens with zero attached hydrogens (tertiary/aromatic N) is 2. The molecule has 0 atom stereocenters. The summed E-state index contributed by atoms with van der Waals surface area (Å²) in [6.07, 6.45) is 1.30. The van der Waals surface area contributed by atoms with Crippen molar-refractivity contribution < 1.29 is 19.6 Å². The highest BCUT2D eigenvalue weighted by Gasteiger charge is 2.08. The number of hydrogen-bond donors (Lipinski definition) is 2. The molecule has 8 nitrogen and oxygen atoms in total. The molecular formula is C16H14BrN3O5. The second kappa shape index (κ2) is 8.25. The summed E-state index contributed by atoms with van der Waals surface area (Å²) in [5.41, 5.74) is 3.22. The van der Waals surface area contributed by atoms with E-state index in [0.29, 0.717) is 11.1 Å². The van der Waals surface area contributed by atoms with Gasteiger partial charge in [-0.15, -0.1) is 0 Å². The molecule has 130 valence electrons. The highest BCUT2D eigenvalue weighted by molar-refractivity contribution is 9.10. The molecule has 2 N–H and O–H groups in total. The summed E-state index contributed by atoms with van der Waals surface area (Å²) in [5, 5.41) is 24.3. The topological polar surface area (TPSA) is 114 Å². The number of nitro groups is 1. The van der Waals surface area contributed by atoms with Gasteiger partial charge in [-0.2, -0.15) is 5.10 Å². The van der Waals surface area contributed by atoms with Crippen molar-refractivity contribution in [3.8, 4) is 11.5 Å². The molecule has 2 aromatic carbocycles. The van der Waals surface area contributed by atoms with Crippen LogP contribution in [0.3, 0.4) is 0 Å². The van der Waals surface area contributed by atoms with E-state index in [9.17, 15) is 20.0 Å². The predicted octanol–water partition coefficient (Wildman–Crippen LogP) is 2.90. The van der Waals surface area contributed by atoms with Gasteiger partial charge in [0.2, 0.25) is 0 Å². The number of hydrazone groups is 1. The van der Waals surface area contributed by atoms with E-state index in [4.69, 9.17) is 4.74 Å². The lowest BCUT2D eigenvalue weighted by Crippen LogP contribution is -2.24. The number of aromatic hydroxyl groups is 1. The number of carbonyl (C=O) groups is 1. The molecule has 2 aromatic rings. The SMILES string of the molecule is Cc1cc(Br)cc(C=NNC(=O)COc2cccc([N+](=O)[O-])c2)c1O. The Hall–Kier alpha value is -2.94. The van der Waals surface area contributed by atoms with Crippen LogP contribution in [0.4, 0.5) is 5.69 Å². The van der Waals surface area contributed by atoms with Crippen LogP contribution in [0.2, 0.25) is 0 Å². The van der Waals surface area contributed by atoms with Crippen LogP contribution < -0.4 is 10.2 Å². The lowest BCUT2D eigenvalue weighted by molar-refractivity contribution is -0.384. The molecule has 0 fully saturated rings. The maximum Gasteiger partial charge on any atom is 0.277 e. The molecule has 0 bridgehead atoms. The summed E-state index contributed by atoms with van der Waals surface area (Å²) in [6.45, 7) is 1.38. The number of phenols is 1. The number of hydrogen-bond acceptors (Lipinski definition) is 6. The molecule has 1 amide bonds. The van der Waals surface area contributed by atoms with Crippen LogP contribution in [0.5, 0.6) is 11.5 Å². The number of nitrogens with one attached hydrogen (secondary N) is 1. The summed E-state index contributed by atoms with van der Waals surface area (Å²) in [4.78, 5) is 21.8. The Bertz CT molecular complexity index is 839. The molecular weight excluding hydrogens is 394 g/mol. The average Bonchev–Trinajstić information content (AvgIpc) is 2.57. The van der Waals surface area contributed by atoms with E-state index in [0.717, 1.165) is 4.47 Å². The Balaban J connectivity index is 1.91. The maximum absolute atomic E-state index is 11.7. The van der Waals surface area contributed by atoms with Crippen molar-refractivity contribution in [1.29, 1.82) is 0 Å². The van der Waals surface area contributed by atoms with E-state index < -0.39 is 10.8 Å². The van der Waals surface area contributed by atoms with Crippen LogP contribution >= 0.6 is 15.9 Å². The Kier molecular flexibility index (Phi) is 6.07. The van der Waals surface area contributed by atoms with Gasteiger partial charge in [-0.1, -0.05) is 22.0 Å². The van der Waals surface area contributed by atoms with E-state index in [1.54, 1.807) is 19.1 Å². The van der Waals surface area contributed by atoms with Crippen molar-refractivity contribution >= 4 is 33.7 Å². The third kappa shape index (κ3) is 5.28. The summed E-state index contributed by atoms with van der Waals surface area (Å²) >= 11 is 3.31. The standard InChI is InChI=1S/C16H14BrN3O5/c1-10-5-12(17)6-11(16(10)22)8-18-19-15(21)9-25-14-4-2-3-13(7-14)20(23)24/h2-8,22H,9H2,1H3,(H,19,21). The fourth-order valence-electron chi connectivity index (χ4n) is 1.90. The number of rotatable bonds is 6. The molecule has 0 unspecified atom stereocenters. The molecule has 0 saturated carbocycles. The first kappa shape index (κ1) is 18.4. The highest BCUT2D eigenvalue weighted by Crippen LogP contribution is 2.25. The van der Waals surface area contributed by atoms with Crippen molar-refractivity contribution in [3.05, 3.63) is 62.1 Å². The molecule has 0 aromatic heterocycles. The van der Waals surface area contributed by atoms with Gasteiger partial charge < -0.3 is 9.84 Å². The minimum absolute atomic E-state index is 0.0639. The molecule has 9 heteroatoms. The van der Waals surface area contributed by atoms with Crippen molar-refractivity contribution in [3.63, 3.8) is 0 Å². The van der Waals surface area contributed by atoms with E-state index in [-0.39, 0.29) is 23.8 Å². The zero-order valence-corrected chi connectivity index (χ0v) is 14.7. The Labute approximate surface area is 151 Å². The summed E-state index contributed by atoms with van der Waals surface area (Å²) in [7, 11) is 0.